The molecule has 7 aromatic rings. The summed E-state index contributed by atoms with van der Waals surface area (Å²) in [5.41, 5.74) is 5.55. The fourth-order valence-electron chi connectivity index (χ4n) is 6.76. The van der Waals surface area contributed by atoms with Gasteiger partial charge in [-0.05, 0) is 73.4 Å². The first kappa shape index (κ1) is 43.6. The minimum absolute atomic E-state index is 0.0332. The number of aryl methyl sites for hydroxylation is 2. The summed E-state index contributed by atoms with van der Waals surface area (Å²) in [6.07, 6.45) is 1.69. The van der Waals surface area contributed by atoms with Gasteiger partial charge in [0.15, 0.2) is 25.6 Å². The van der Waals surface area contributed by atoms with Gasteiger partial charge in [-0.3, -0.25) is 14.5 Å². The van der Waals surface area contributed by atoms with Gasteiger partial charge in [0.25, 0.3) is 11.9 Å². The fourth-order valence-corrected chi connectivity index (χ4v) is 7.79. The highest BCUT2D eigenvalue weighted by Gasteiger charge is 2.37. The van der Waals surface area contributed by atoms with E-state index in [-0.39, 0.29) is 29.1 Å². The Kier molecular flexibility index (Phi) is 12.8. The molecule has 3 aromatic carbocycles. The highest BCUT2D eigenvalue weighted by Crippen LogP contribution is 2.38. The number of nitrogens with one attached hydrogen (secondary N) is 1. The van der Waals surface area contributed by atoms with Gasteiger partial charge in [-0.2, -0.15) is 19.9 Å². The third-order valence-electron chi connectivity index (χ3n) is 11.3. The van der Waals surface area contributed by atoms with E-state index in [1.54, 1.807) is 38.3 Å². The summed E-state index contributed by atoms with van der Waals surface area (Å²) in [6, 6.07) is 25.1. The minimum Gasteiger partial charge on any atom is -0.497 e. The van der Waals surface area contributed by atoms with Gasteiger partial charge in [0.05, 0.1) is 52.7 Å². The standard InChI is InChI=1S/C46H55N9O6Si/c1-30-24-37-38(27-47-30)55(51-40(37)44(56)48-26-34-18-21-36(58-7)25-39(34)59-8)45-49-43(54(52-45)28-32-16-19-35(57-6)20-17-32)41-42(60-29-33-14-12-11-13-15-33)31(2)50-53(41)22-23-61-62(9,10)46(3,4)5/h11-21,24-25,27H,22-23,26,28-29H2,1-10H3,(H,48,56). The highest BCUT2D eigenvalue weighted by molar-refractivity contribution is 6.74. The average Bonchev–Trinajstić information content (AvgIpc) is 3.94. The number of benzene rings is 3. The van der Waals surface area contributed by atoms with Crippen LogP contribution >= 0.6 is 0 Å². The Morgan fingerprint density at radius 2 is 1.55 bits per heavy atom. The van der Waals surface area contributed by atoms with E-state index in [1.165, 1.54) is 0 Å². The van der Waals surface area contributed by atoms with Crippen molar-refractivity contribution in [2.45, 2.75) is 79.0 Å². The zero-order valence-electron chi connectivity index (χ0n) is 37.1. The number of aromatic nitrogens is 8. The van der Waals surface area contributed by atoms with Crippen molar-refractivity contribution in [3.05, 3.63) is 119 Å². The van der Waals surface area contributed by atoms with E-state index in [0.29, 0.717) is 71.7 Å². The van der Waals surface area contributed by atoms with Gasteiger partial charge in [-0.25, -0.2) is 4.68 Å². The lowest BCUT2D eigenvalue weighted by Crippen LogP contribution is -2.41. The van der Waals surface area contributed by atoms with Crippen LogP contribution in [-0.2, 0) is 30.7 Å². The fraction of sp³-hybridized carbons (Fsp3) is 0.348. The first-order chi connectivity index (χ1) is 29.7. The average molecular weight is 858 g/mol. The molecule has 0 saturated heterocycles. The van der Waals surface area contributed by atoms with Crippen molar-refractivity contribution in [3.8, 4) is 40.5 Å². The molecular weight excluding hydrogens is 803 g/mol. The van der Waals surface area contributed by atoms with Crippen molar-refractivity contribution in [2.75, 3.05) is 27.9 Å². The van der Waals surface area contributed by atoms with Crippen molar-refractivity contribution >= 4 is 25.1 Å². The largest absolute Gasteiger partial charge is 0.497 e. The van der Waals surface area contributed by atoms with E-state index < -0.39 is 8.32 Å². The number of hydrogen-bond acceptors (Lipinski definition) is 11. The van der Waals surface area contributed by atoms with Crippen LogP contribution in [0.3, 0.4) is 0 Å². The van der Waals surface area contributed by atoms with Crippen molar-refractivity contribution in [1.82, 2.24) is 44.6 Å². The van der Waals surface area contributed by atoms with Crippen LogP contribution in [0.4, 0.5) is 0 Å². The van der Waals surface area contributed by atoms with Gasteiger partial charge >= 0.3 is 0 Å². The second-order valence-electron chi connectivity index (χ2n) is 16.6. The van der Waals surface area contributed by atoms with Crippen LogP contribution in [0.25, 0.3) is 28.4 Å². The smallest absolute Gasteiger partial charge is 0.272 e. The Labute approximate surface area is 363 Å². The van der Waals surface area contributed by atoms with Crippen LogP contribution in [0.5, 0.6) is 23.0 Å². The molecule has 0 fully saturated rings. The molecule has 0 aliphatic heterocycles. The maximum absolute atomic E-state index is 14.0. The highest BCUT2D eigenvalue weighted by atomic mass is 28.4. The molecule has 1 N–H and O–H groups in total. The number of carbonyl (C=O) groups is 1. The predicted molar refractivity (Wildman–Crippen MR) is 240 cm³/mol. The van der Waals surface area contributed by atoms with Crippen molar-refractivity contribution in [2.24, 2.45) is 0 Å². The van der Waals surface area contributed by atoms with Crippen LogP contribution < -0.4 is 24.3 Å². The second kappa shape index (κ2) is 18.2. The van der Waals surface area contributed by atoms with Crippen LogP contribution in [0.1, 0.15) is 59.3 Å². The number of pyridine rings is 1. The lowest BCUT2D eigenvalue weighted by atomic mass is 10.1. The topological polar surface area (TPSA) is 154 Å². The number of methoxy groups -OCH3 is 3. The summed E-state index contributed by atoms with van der Waals surface area (Å²) in [5, 5.41) is 18.6. The normalized spacial score (nSPS) is 11.8. The molecule has 0 aliphatic rings. The zero-order valence-corrected chi connectivity index (χ0v) is 38.1. The maximum atomic E-state index is 14.0. The number of nitrogens with zero attached hydrogens (tertiary/aromatic N) is 8. The summed E-state index contributed by atoms with van der Waals surface area (Å²) in [5.74, 6) is 2.89. The summed E-state index contributed by atoms with van der Waals surface area (Å²) in [6.45, 7) is 16.7. The van der Waals surface area contributed by atoms with Crippen LogP contribution in [0, 0.1) is 13.8 Å². The number of rotatable bonds is 17. The molecule has 15 nitrogen and oxygen atoms in total. The van der Waals surface area contributed by atoms with Gasteiger partial charge in [0.1, 0.15) is 35.2 Å². The molecule has 16 heteroatoms. The van der Waals surface area contributed by atoms with Gasteiger partial charge < -0.3 is 28.7 Å². The van der Waals surface area contributed by atoms with Crippen LogP contribution in [-0.4, -0.2) is 81.5 Å². The van der Waals surface area contributed by atoms with E-state index >= 15 is 0 Å². The molecule has 0 bridgehead atoms. The van der Waals surface area contributed by atoms with Crippen LogP contribution in [0.15, 0.2) is 85.1 Å². The predicted octanol–water partition coefficient (Wildman–Crippen LogP) is 8.10. The number of ether oxygens (including phenoxy) is 4. The molecule has 0 radical (unpaired) electrons. The number of amides is 1. The summed E-state index contributed by atoms with van der Waals surface area (Å²) < 4.78 is 35.0. The van der Waals surface area contributed by atoms with Crippen LogP contribution in [0.2, 0.25) is 18.1 Å². The number of hydrogen-bond donors (Lipinski definition) is 1. The Bertz CT molecular complexity index is 2670. The number of fused-ring (bicyclic) bond motifs is 1. The lowest BCUT2D eigenvalue weighted by Gasteiger charge is -2.36. The monoisotopic (exact) mass is 857 g/mol. The Balaban J connectivity index is 1.33. The van der Waals surface area contributed by atoms with E-state index in [1.807, 2.05) is 96.0 Å². The van der Waals surface area contributed by atoms with Gasteiger partial charge in [-0.15, -0.1) is 5.10 Å². The van der Waals surface area contributed by atoms with E-state index in [9.17, 15) is 4.79 Å². The SMILES string of the molecule is COc1ccc(Cn2nc(-n3nc(C(=O)NCc4ccc(OC)cc4OC)c4cc(C)ncc43)nc2-c2c(OCc3ccccc3)c(C)nn2CCO[Si](C)(C)C(C)(C)C)cc1. The molecule has 0 unspecified atom stereocenters. The Morgan fingerprint density at radius 1 is 0.823 bits per heavy atom. The van der Waals surface area contributed by atoms with Crippen molar-refractivity contribution in [3.63, 3.8) is 0 Å². The second-order valence-corrected chi connectivity index (χ2v) is 21.4. The summed E-state index contributed by atoms with van der Waals surface area (Å²) >= 11 is 0. The molecular formula is C46H55N9O6Si. The lowest BCUT2D eigenvalue weighted by molar-refractivity contribution is 0.0946. The first-order valence-corrected chi connectivity index (χ1v) is 23.4. The molecule has 324 valence electrons. The van der Waals surface area contributed by atoms with Gasteiger partial charge in [-0.1, -0.05) is 63.2 Å². The first-order valence-electron chi connectivity index (χ1n) is 20.5. The third-order valence-corrected chi connectivity index (χ3v) is 15.8. The molecule has 0 atom stereocenters. The third kappa shape index (κ3) is 9.35. The molecule has 4 aromatic heterocycles. The van der Waals surface area contributed by atoms with Crippen molar-refractivity contribution in [1.29, 1.82) is 0 Å². The summed E-state index contributed by atoms with van der Waals surface area (Å²) in [4.78, 5) is 23.8. The molecule has 62 heavy (non-hydrogen) atoms. The zero-order chi connectivity index (χ0) is 44.2. The molecule has 0 aliphatic carbocycles. The van der Waals surface area contributed by atoms with E-state index in [4.69, 9.17) is 43.7 Å². The Morgan fingerprint density at radius 3 is 2.24 bits per heavy atom. The molecule has 0 spiro atoms. The summed E-state index contributed by atoms with van der Waals surface area (Å²) in [7, 11) is 2.73. The molecule has 0 saturated carbocycles. The Hall–Kier alpha value is -6.52. The van der Waals surface area contributed by atoms with E-state index in [2.05, 4.69) is 44.2 Å². The minimum atomic E-state index is -2.08. The van der Waals surface area contributed by atoms with Gasteiger partial charge in [0.2, 0.25) is 0 Å². The maximum Gasteiger partial charge on any atom is 0.272 e. The van der Waals surface area contributed by atoms with Crippen molar-refractivity contribution < 1.29 is 28.2 Å². The number of carbonyl (C=O) groups excluding carboxylic acids is 1. The quantitative estimate of drug-likeness (QED) is 0.0884. The molecule has 4 heterocycles. The molecule has 1 amide bonds. The van der Waals surface area contributed by atoms with E-state index in [0.717, 1.165) is 28.1 Å². The van der Waals surface area contributed by atoms with Gasteiger partial charge in [0, 0.05) is 29.3 Å². The molecule has 7 rings (SSSR count).